The van der Waals surface area contributed by atoms with E-state index in [4.69, 9.17) is 0 Å². The van der Waals surface area contributed by atoms with E-state index < -0.39 is 0 Å². The topological polar surface area (TPSA) is 73.6 Å². The second-order valence-corrected chi connectivity index (χ2v) is 5.52. The van der Waals surface area contributed by atoms with Crippen LogP contribution in [0.1, 0.15) is 30.1 Å². The zero-order chi connectivity index (χ0) is 14.2. The fraction of sp³-hybridized carbons (Fsp3) is 0.250. The van der Waals surface area contributed by atoms with Gasteiger partial charge in [-0.15, -0.1) is 0 Å². The molecular formula is C16H16N4O. The number of hydrogen-bond donors (Lipinski definition) is 3. The number of fused-ring (bicyclic) bond motifs is 2. The Morgan fingerprint density at radius 1 is 1.24 bits per heavy atom. The van der Waals surface area contributed by atoms with Crippen LogP contribution in [0, 0.1) is 0 Å². The summed E-state index contributed by atoms with van der Waals surface area (Å²) >= 11 is 0. The molecule has 0 bridgehead atoms. The first-order valence-electron chi connectivity index (χ1n) is 7.21. The predicted octanol–water partition coefficient (Wildman–Crippen LogP) is 2.74. The van der Waals surface area contributed by atoms with Crippen LogP contribution in [0.15, 0.2) is 41.3 Å². The van der Waals surface area contributed by atoms with E-state index in [0.717, 1.165) is 41.5 Å². The van der Waals surface area contributed by atoms with Crippen LogP contribution in [0.3, 0.4) is 0 Å². The lowest BCUT2D eigenvalue weighted by Crippen LogP contribution is -2.21. The van der Waals surface area contributed by atoms with Gasteiger partial charge in [-0.05, 0) is 49.1 Å². The van der Waals surface area contributed by atoms with Crippen molar-refractivity contribution in [3.8, 4) is 0 Å². The first-order valence-corrected chi connectivity index (χ1v) is 7.21. The molecule has 3 aromatic rings. The van der Waals surface area contributed by atoms with Gasteiger partial charge in [0.05, 0.1) is 17.8 Å². The molecule has 5 heteroatoms. The molecule has 0 radical (unpaired) electrons. The van der Waals surface area contributed by atoms with Crippen LogP contribution in [-0.2, 0) is 6.42 Å². The quantitative estimate of drug-likeness (QED) is 0.675. The molecule has 0 fully saturated rings. The minimum Gasteiger partial charge on any atom is -0.378 e. The number of aryl methyl sites for hydroxylation is 1. The molecule has 0 saturated carbocycles. The molecule has 2 aromatic heterocycles. The largest absolute Gasteiger partial charge is 0.378 e. The predicted molar refractivity (Wildman–Crippen MR) is 82.5 cm³/mol. The van der Waals surface area contributed by atoms with E-state index in [1.807, 2.05) is 12.3 Å². The van der Waals surface area contributed by atoms with Gasteiger partial charge in [0.15, 0.2) is 0 Å². The van der Waals surface area contributed by atoms with Crippen LogP contribution in [0.4, 0.5) is 5.69 Å². The summed E-state index contributed by atoms with van der Waals surface area (Å²) in [6, 6.07) is 9.99. The second kappa shape index (κ2) is 4.77. The Morgan fingerprint density at radius 2 is 2.19 bits per heavy atom. The highest BCUT2D eigenvalue weighted by molar-refractivity contribution is 5.81. The summed E-state index contributed by atoms with van der Waals surface area (Å²) in [6.45, 7) is 0. The zero-order valence-electron chi connectivity index (χ0n) is 11.5. The second-order valence-electron chi connectivity index (χ2n) is 5.52. The van der Waals surface area contributed by atoms with E-state index in [1.165, 1.54) is 5.56 Å². The molecule has 1 unspecified atom stereocenters. The lowest BCUT2D eigenvalue weighted by atomic mass is 9.91. The normalized spacial score (nSPS) is 17.6. The minimum atomic E-state index is -0.0201. The van der Waals surface area contributed by atoms with Crippen molar-refractivity contribution in [3.63, 3.8) is 0 Å². The Kier molecular flexibility index (Phi) is 2.77. The maximum atomic E-state index is 11.4. The van der Waals surface area contributed by atoms with Gasteiger partial charge in [0.25, 0.3) is 0 Å². The summed E-state index contributed by atoms with van der Waals surface area (Å²) in [7, 11) is 0. The average Bonchev–Trinajstić information content (AvgIpc) is 2.95. The van der Waals surface area contributed by atoms with Gasteiger partial charge in [-0.2, -0.15) is 5.10 Å². The van der Waals surface area contributed by atoms with E-state index in [2.05, 4.69) is 38.7 Å². The average molecular weight is 280 g/mol. The van der Waals surface area contributed by atoms with Gasteiger partial charge in [-0.3, -0.25) is 9.89 Å². The van der Waals surface area contributed by atoms with Gasteiger partial charge in [-0.25, -0.2) is 0 Å². The first-order chi connectivity index (χ1) is 10.3. The van der Waals surface area contributed by atoms with Gasteiger partial charge < -0.3 is 10.3 Å². The number of pyridine rings is 1. The molecular weight excluding hydrogens is 264 g/mol. The Morgan fingerprint density at radius 3 is 3.14 bits per heavy atom. The van der Waals surface area contributed by atoms with Crippen LogP contribution in [0.25, 0.3) is 10.9 Å². The van der Waals surface area contributed by atoms with Crippen LogP contribution >= 0.6 is 0 Å². The summed E-state index contributed by atoms with van der Waals surface area (Å²) in [5.41, 5.74) is 4.33. The Labute approximate surface area is 121 Å². The maximum Gasteiger partial charge on any atom is 0.248 e. The number of nitrogens with zero attached hydrogens (tertiary/aromatic N) is 1. The molecule has 0 spiro atoms. The van der Waals surface area contributed by atoms with Crippen molar-refractivity contribution in [1.82, 2.24) is 15.2 Å². The summed E-state index contributed by atoms with van der Waals surface area (Å²) in [4.78, 5) is 14.4. The van der Waals surface area contributed by atoms with Crippen molar-refractivity contribution >= 4 is 16.6 Å². The highest BCUT2D eigenvalue weighted by Crippen LogP contribution is 2.31. The van der Waals surface area contributed by atoms with E-state index in [1.54, 1.807) is 6.07 Å². The van der Waals surface area contributed by atoms with Crippen LogP contribution < -0.4 is 10.9 Å². The summed E-state index contributed by atoms with van der Waals surface area (Å²) in [5.74, 6) is 0. The zero-order valence-corrected chi connectivity index (χ0v) is 11.5. The monoisotopic (exact) mass is 280 g/mol. The third-order valence-electron chi connectivity index (χ3n) is 4.11. The molecule has 1 aliphatic carbocycles. The Bertz CT molecular complexity index is 849. The van der Waals surface area contributed by atoms with Crippen molar-refractivity contribution in [2.75, 3.05) is 5.32 Å². The minimum absolute atomic E-state index is 0.0201. The van der Waals surface area contributed by atoms with Gasteiger partial charge >= 0.3 is 0 Å². The highest BCUT2D eigenvalue weighted by Gasteiger charge is 2.20. The fourth-order valence-corrected chi connectivity index (χ4v) is 3.08. The first kappa shape index (κ1) is 12.2. The molecule has 0 saturated heterocycles. The molecule has 1 atom stereocenters. The summed E-state index contributed by atoms with van der Waals surface area (Å²) in [6.07, 6.45) is 4.92. The van der Waals surface area contributed by atoms with Gasteiger partial charge in [0.2, 0.25) is 5.56 Å². The van der Waals surface area contributed by atoms with Gasteiger partial charge in [0, 0.05) is 22.8 Å². The number of H-pyrrole nitrogens is 2. The molecule has 2 heterocycles. The number of hydrogen-bond acceptors (Lipinski definition) is 3. The highest BCUT2D eigenvalue weighted by atomic mass is 16.1. The number of benzene rings is 1. The smallest absolute Gasteiger partial charge is 0.248 e. The number of aromatic amines is 2. The third-order valence-corrected chi connectivity index (χ3v) is 4.11. The molecule has 1 aromatic carbocycles. The van der Waals surface area contributed by atoms with Crippen molar-refractivity contribution in [2.45, 2.75) is 25.3 Å². The molecule has 1 aliphatic rings. The SMILES string of the molecule is O=c1ccc2c([nH]1)CCCC2Nc1ccc2cn[nH]c2c1. The fourth-order valence-electron chi connectivity index (χ4n) is 3.08. The van der Waals surface area contributed by atoms with Crippen LogP contribution in [0.2, 0.25) is 0 Å². The van der Waals surface area contributed by atoms with Crippen LogP contribution in [0.5, 0.6) is 0 Å². The number of rotatable bonds is 2. The van der Waals surface area contributed by atoms with E-state index >= 15 is 0 Å². The molecule has 4 rings (SSSR count). The number of nitrogens with one attached hydrogen (secondary N) is 3. The van der Waals surface area contributed by atoms with Crippen molar-refractivity contribution < 1.29 is 0 Å². The Balaban J connectivity index is 1.67. The summed E-state index contributed by atoms with van der Waals surface area (Å²) < 4.78 is 0. The van der Waals surface area contributed by atoms with Gasteiger partial charge in [-0.1, -0.05) is 0 Å². The van der Waals surface area contributed by atoms with E-state index in [9.17, 15) is 4.79 Å². The number of anilines is 1. The van der Waals surface area contributed by atoms with E-state index in [0.29, 0.717) is 0 Å². The maximum absolute atomic E-state index is 11.4. The van der Waals surface area contributed by atoms with Crippen molar-refractivity contribution in [3.05, 3.63) is 58.1 Å². The lowest BCUT2D eigenvalue weighted by molar-refractivity contribution is 0.587. The molecule has 106 valence electrons. The van der Waals surface area contributed by atoms with Crippen molar-refractivity contribution in [2.24, 2.45) is 0 Å². The molecule has 21 heavy (non-hydrogen) atoms. The molecule has 3 N–H and O–H groups in total. The lowest BCUT2D eigenvalue weighted by Gasteiger charge is -2.26. The molecule has 5 nitrogen and oxygen atoms in total. The summed E-state index contributed by atoms with van der Waals surface area (Å²) in [5, 5.41) is 11.7. The standard InChI is InChI=1S/C16H16N4O/c21-16-7-6-12-13(2-1-3-14(12)19-16)18-11-5-4-10-9-17-20-15(10)8-11/h4-9,13,18H,1-3H2,(H,17,20)(H,19,21). The third kappa shape index (κ3) is 2.20. The molecule has 0 aliphatic heterocycles. The van der Waals surface area contributed by atoms with Crippen LogP contribution in [-0.4, -0.2) is 15.2 Å². The number of aromatic nitrogens is 3. The van der Waals surface area contributed by atoms with E-state index in [-0.39, 0.29) is 11.6 Å². The molecule has 0 amide bonds. The van der Waals surface area contributed by atoms with Gasteiger partial charge in [0.1, 0.15) is 0 Å². The van der Waals surface area contributed by atoms with Crippen molar-refractivity contribution in [1.29, 1.82) is 0 Å². The Hall–Kier alpha value is -2.56.